The molecular formula is C17H21ClN2O. The molecule has 0 saturated carbocycles. The number of methoxy groups -OCH3 is 1. The van der Waals surface area contributed by atoms with E-state index in [1.807, 2.05) is 49.3 Å². The molecule has 0 bridgehead atoms. The van der Waals surface area contributed by atoms with Crippen molar-refractivity contribution in [3.05, 3.63) is 53.1 Å². The molecule has 4 heteroatoms. The van der Waals surface area contributed by atoms with Crippen LogP contribution in [-0.2, 0) is 0 Å². The smallest absolute Gasteiger partial charge is 0.118 e. The third-order valence-corrected chi connectivity index (χ3v) is 3.73. The number of anilines is 2. The molecule has 1 N–H and O–H groups in total. The highest BCUT2D eigenvalue weighted by Crippen LogP contribution is 2.34. The maximum atomic E-state index is 6.30. The Balaban J connectivity index is 2.22. The highest BCUT2D eigenvalue weighted by Gasteiger charge is 2.12. The zero-order valence-electron chi connectivity index (χ0n) is 12.9. The van der Waals surface area contributed by atoms with Gasteiger partial charge in [0.25, 0.3) is 0 Å². The Kier molecular flexibility index (Phi) is 4.97. The summed E-state index contributed by atoms with van der Waals surface area (Å²) in [6.07, 6.45) is 0. The van der Waals surface area contributed by atoms with Crippen molar-refractivity contribution in [2.75, 3.05) is 31.4 Å². The van der Waals surface area contributed by atoms with E-state index in [1.54, 1.807) is 7.11 Å². The van der Waals surface area contributed by atoms with Crippen LogP contribution in [0.5, 0.6) is 5.75 Å². The van der Waals surface area contributed by atoms with E-state index in [-0.39, 0.29) is 6.04 Å². The van der Waals surface area contributed by atoms with Crippen molar-refractivity contribution >= 4 is 23.0 Å². The summed E-state index contributed by atoms with van der Waals surface area (Å²) in [5.41, 5.74) is 3.22. The lowest BCUT2D eigenvalue weighted by Gasteiger charge is -2.23. The summed E-state index contributed by atoms with van der Waals surface area (Å²) in [6, 6.07) is 14.1. The van der Waals surface area contributed by atoms with Gasteiger partial charge in [0.05, 0.1) is 23.5 Å². The van der Waals surface area contributed by atoms with Crippen LogP contribution < -0.4 is 15.0 Å². The molecule has 0 aliphatic carbocycles. The van der Waals surface area contributed by atoms with Gasteiger partial charge in [0.1, 0.15) is 5.75 Å². The molecule has 0 spiro atoms. The summed E-state index contributed by atoms with van der Waals surface area (Å²) in [7, 11) is 5.65. The van der Waals surface area contributed by atoms with Crippen LogP contribution in [0.2, 0.25) is 5.02 Å². The minimum Gasteiger partial charge on any atom is -0.497 e. The molecule has 1 atom stereocenters. The zero-order chi connectivity index (χ0) is 15.4. The van der Waals surface area contributed by atoms with Crippen LogP contribution in [0.25, 0.3) is 0 Å². The van der Waals surface area contributed by atoms with Crippen molar-refractivity contribution in [1.29, 1.82) is 0 Å². The molecular weight excluding hydrogens is 284 g/mol. The van der Waals surface area contributed by atoms with Crippen LogP contribution in [0.1, 0.15) is 18.5 Å². The second-order valence-electron chi connectivity index (χ2n) is 5.17. The first-order chi connectivity index (χ1) is 10.0. The monoisotopic (exact) mass is 304 g/mol. The number of rotatable bonds is 5. The average Bonchev–Trinajstić information content (AvgIpc) is 2.47. The van der Waals surface area contributed by atoms with Crippen LogP contribution in [0, 0.1) is 0 Å². The molecule has 0 aliphatic heterocycles. The second-order valence-corrected chi connectivity index (χ2v) is 5.58. The van der Waals surface area contributed by atoms with Gasteiger partial charge in [-0.1, -0.05) is 29.8 Å². The SMILES string of the molecule is COc1ccc(C(C)Nc2cccc(Cl)c2N(C)C)cc1. The molecule has 0 fully saturated rings. The fraction of sp³-hybridized carbons (Fsp3) is 0.294. The summed E-state index contributed by atoms with van der Waals surface area (Å²) >= 11 is 6.30. The third kappa shape index (κ3) is 3.61. The number of nitrogens with one attached hydrogen (secondary N) is 1. The normalized spacial score (nSPS) is 11.9. The molecule has 1 unspecified atom stereocenters. The Hall–Kier alpha value is -1.87. The van der Waals surface area contributed by atoms with E-state index in [4.69, 9.17) is 16.3 Å². The topological polar surface area (TPSA) is 24.5 Å². The Morgan fingerprint density at radius 1 is 1.10 bits per heavy atom. The van der Waals surface area contributed by atoms with Crippen LogP contribution in [0.3, 0.4) is 0 Å². The average molecular weight is 305 g/mol. The summed E-state index contributed by atoms with van der Waals surface area (Å²) in [5, 5.41) is 4.26. The Morgan fingerprint density at radius 2 is 1.76 bits per heavy atom. The van der Waals surface area contributed by atoms with Gasteiger partial charge in [-0.2, -0.15) is 0 Å². The number of hydrogen-bond acceptors (Lipinski definition) is 3. The highest BCUT2D eigenvalue weighted by atomic mass is 35.5. The number of nitrogens with zero attached hydrogens (tertiary/aromatic N) is 1. The number of benzene rings is 2. The predicted octanol–water partition coefficient (Wildman–Crippen LogP) is 4.59. The van der Waals surface area contributed by atoms with Crippen molar-refractivity contribution in [2.45, 2.75) is 13.0 Å². The van der Waals surface area contributed by atoms with E-state index in [0.717, 1.165) is 22.1 Å². The van der Waals surface area contributed by atoms with E-state index >= 15 is 0 Å². The Bertz CT molecular complexity index is 596. The van der Waals surface area contributed by atoms with Gasteiger partial charge in [-0.15, -0.1) is 0 Å². The van der Waals surface area contributed by atoms with Crippen LogP contribution in [0.15, 0.2) is 42.5 Å². The fourth-order valence-electron chi connectivity index (χ4n) is 2.30. The summed E-state index contributed by atoms with van der Waals surface area (Å²) in [6.45, 7) is 2.13. The molecule has 3 nitrogen and oxygen atoms in total. The first-order valence-electron chi connectivity index (χ1n) is 6.89. The number of hydrogen-bond donors (Lipinski definition) is 1. The third-order valence-electron chi connectivity index (χ3n) is 3.42. The van der Waals surface area contributed by atoms with E-state index < -0.39 is 0 Å². The maximum absolute atomic E-state index is 6.30. The summed E-state index contributed by atoms with van der Waals surface area (Å²) in [5.74, 6) is 0.864. The van der Waals surface area contributed by atoms with Gasteiger partial charge in [0.15, 0.2) is 0 Å². The number of halogens is 1. The van der Waals surface area contributed by atoms with Gasteiger partial charge >= 0.3 is 0 Å². The van der Waals surface area contributed by atoms with E-state index in [1.165, 1.54) is 5.56 Å². The standard InChI is InChI=1S/C17H21ClN2O/c1-12(13-8-10-14(21-4)11-9-13)19-16-7-5-6-15(18)17(16)20(2)3/h5-12,19H,1-4H3. The number of ether oxygens (including phenoxy) is 1. The Morgan fingerprint density at radius 3 is 2.33 bits per heavy atom. The highest BCUT2D eigenvalue weighted by molar-refractivity contribution is 6.34. The lowest BCUT2D eigenvalue weighted by Crippen LogP contribution is -2.14. The molecule has 21 heavy (non-hydrogen) atoms. The van der Waals surface area contributed by atoms with Crippen LogP contribution in [0.4, 0.5) is 11.4 Å². The van der Waals surface area contributed by atoms with Gasteiger partial charge < -0.3 is 15.0 Å². The molecule has 0 radical (unpaired) electrons. The minimum absolute atomic E-state index is 0.174. The van der Waals surface area contributed by atoms with Crippen molar-refractivity contribution < 1.29 is 4.74 Å². The molecule has 0 heterocycles. The van der Waals surface area contributed by atoms with E-state index in [2.05, 4.69) is 24.4 Å². The van der Waals surface area contributed by atoms with Crippen LogP contribution in [-0.4, -0.2) is 21.2 Å². The quantitative estimate of drug-likeness (QED) is 0.874. The minimum atomic E-state index is 0.174. The summed E-state index contributed by atoms with van der Waals surface area (Å²) in [4.78, 5) is 2.02. The maximum Gasteiger partial charge on any atom is 0.118 e. The van der Waals surface area contributed by atoms with Crippen molar-refractivity contribution in [1.82, 2.24) is 0 Å². The van der Waals surface area contributed by atoms with Crippen molar-refractivity contribution in [3.8, 4) is 5.75 Å². The lowest BCUT2D eigenvalue weighted by molar-refractivity contribution is 0.414. The van der Waals surface area contributed by atoms with Gasteiger partial charge in [-0.05, 0) is 36.8 Å². The van der Waals surface area contributed by atoms with Crippen LogP contribution >= 0.6 is 11.6 Å². The van der Waals surface area contributed by atoms with E-state index in [0.29, 0.717) is 0 Å². The first kappa shape index (κ1) is 15.5. The van der Waals surface area contributed by atoms with E-state index in [9.17, 15) is 0 Å². The van der Waals surface area contributed by atoms with Crippen molar-refractivity contribution in [3.63, 3.8) is 0 Å². The molecule has 2 aromatic carbocycles. The molecule has 0 aliphatic rings. The lowest BCUT2D eigenvalue weighted by atomic mass is 10.1. The van der Waals surface area contributed by atoms with Gasteiger partial charge in [0, 0.05) is 20.1 Å². The van der Waals surface area contributed by atoms with Gasteiger partial charge in [-0.25, -0.2) is 0 Å². The molecule has 2 rings (SSSR count). The Labute approximate surface area is 131 Å². The van der Waals surface area contributed by atoms with Crippen molar-refractivity contribution in [2.24, 2.45) is 0 Å². The zero-order valence-corrected chi connectivity index (χ0v) is 13.6. The number of para-hydroxylation sites is 1. The molecule has 0 amide bonds. The fourth-order valence-corrected chi connectivity index (χ4v) is 2.64. The largest absolute Gasteiger partial charge is 0.497 e. The second kappa shape index (κ2) is 6.72. The first-order valence-corrected chi connectivity index (χ1v) is 7.27. The molecule has 0 aromatic heterocycles. The van der Waals surface area contributed by atoms with Gasteiger partial charge in [-0.3, -0.25) is 0 Å². The molecule has 2 aromatic rings. The molecule has 112 valence electrons. The van der Waals surface area contributed by atoms with Gasteiger partial charge in [0.2, 0.25) is 0 Å². The summed E-state index contributed by atoms with van der Waals surface area (Å²) < 4.78 is 5.19. The molecule has 0 saturated heterocycles. The predicted molar refractivity (Wildman–Crippen MR) is 90.8 cm³/mol.